The van der Waals surface area contributed by atoms with Gasteiger partial charge in [-0.2, -0.15) is 0 Å². The number of likely N-dealkylation sites (tertiary alicyclic amines) is 2. The fourth-order valence-electron chi connectivity index (χ4n) is 13.3. The Hall–Kier alpha value is -8.05. The van der Waals surface area contributed by atoms with E-state index < -0.39 is 15.1 Å². The zero-order valence-electron chi connectivity index (χ0n) is 54.1. The van der Waals surface area contributed by atoms with E-state index >= 15 is 0 Å². The normalized spacial score (nSPS) is 19.9. The molecule has 12 heterocycles. The van der Waals surface area contributed by atoms with Crippen LogP contribution in [0, 0.1) is 10.8 Å². The van der Waals surface area contributed by atoms with E-state index in [1.807, 2.05) is 74.6 Å². The number of aromatic nitrogens is 7. The molecule has 10 N–H and O–H groups in total. The van der Waals surface area contributed by atoms with Gasteiger partial charge in [0.2, 0.25) is 0 Å². The molecule has 6 aromatic heterocycles. The number of piperazine rings is 1. The van der Waals surface area contributed by atoms with Gasteiger partial charge in [0.15, 0.2) is 0 Å². The van der Waals surface area contributed by atoms with E-state index in [2.05, 4.69) is 90.4 Å². The third kappa shape index (κ3) is 17.5. The number of piperidine rings is 4. The van der Waals surface area contributed by atoms with Crippen LogP contribution < -0.4 is 48.3 Å². The number of nitrogen functional groups attached to an aromatic ring is 5. The average molecular weight is 1250 g/mol. The highest BCUT2D eigenvalue weighted by atomic mass is 32.2. The van der Waals surface area contributed by atoms with E-state index in [1.54, 1.807) is 62.0 Å². The highest BCUT2D eigenvalue weighted by Gasteiger charge is 2.44. The van der Waals surface area contributed by atoms with Crippen molar-refractivity contribution in [2.45, 2.75) is 108 Å². The second-order valence-corrected chi connectivity index (χ2v) is 29.5. The molecule has 486 valence electrons. The predicted molar refractivity (Wildman–Crippen MR) is 370 cm³/mol. The molecule has 7 aliphatic rings. The van der Waals surface area contributed by atoms with Gasteiger partial charge in [-0.1, -0.05) is 6.58 Å². The molecule has 1 amide bonds. The zero-order chi connectivity index (χ0) is 64.2. The highest BCUT2D eigenvalue weighted by Crippen LogP contribution is 2.44. The quantitative estimate of drug-likeness (QED) is 0.0937. The van der Waals surface area contributed by atoms with Crippen LogP contribution in [0.25, 0.3) is 5.69 Å². The summed E-state index contributed by atoms with van der Waals surface area (Å²) in [4.78, 5) is 52.5. The highest BCUT2D eigenvalue weighted by molar-refractivity contribution is 8.00. The molecule has 90 heavy (non-hydrogen) atoms. The number of nitrogens with zero attached hydrogens (tertiary/aromatic N) is 14. The number of anilines is 9. The van der Waals surface area contributed by atoms with Gasteiger partial charge in [-0.05, 0) is 162 Å². The van der Waals surface area contributed by atoms with E-state index in [1.165, 1.54) is 51.6 Å². The Morgan fingerprint density at radius 3 is 1.42 bits per heavy atom. The first-order chi connectivity index (χ1) is 43.0. The SMILES string of the molecule is C=C1CN(c2ccncc2N)CCN1C.C=S(C)(=O)C1CCN(c2ccncc2N)CC1.CC(C)(C)OC(=O)N1CCC2(CCN(c3ccncc3N)CC2)C1.CN1CCCC2(CCN(c3ccncc3N)CC2)C1.Nc1cnccc1-n1ccnc1C1CC1. The first-order valence-corrected chi connectivity index (χ1v) is 34.1. The molecule has 7 fully saturated rings. The monoisotopic (exact) mass is 1250 g/mol. The summed E-state index contributed by atoms with van der Waals surface area (Å²) in [5.74, 6) is 5.52. The van der Waals surface area contributed by atoms with Crippen LogP contribution in [0.3, 0.4) is 0 Å². The molecule has 1 saturated carbocycles. The lowest BCUT2D eigenvalue weighted by atomic mass is 9.72. The third-order valence-corrected chi connectivity index (χ3v) is 20.6. The molecule has 1 unspecified atom stereocenters. The molecule has 6 saturated heterocycles. The Morgan fingerprint density at radius 2 is 1.00 bits per heavy atom. The predicted octanol–water partition coefficient (Wildman–Crippen LogP) is 8.50. The number of carbonyl (C=O) groups excluding carboxylic acids is 1. The van der Waals surface area contributed by atoms with Crippen LogP contribution in [0.15, 0.2) is 117 Å². The summed E-state index contributed by atoms with van der Waals surface area (Å²) in [6.45, 7) is 22.7. The van der Waals surface area contributed by atoms with Crippen molar-refractivity contribution >= 4 is 72.7 Å². The maximum absolute atomic E-state index is 12.3. The molecule has 23 heteroatoms. The molecule has 0 bridgehead atoms. The Morgan fingerprint density at radius 1 is 0.567 bits per heavy atom. The fourth-order valence-corrected chi connectivity index (χ4v) is 14.5. The molecular formula is C67H99N19O3S. The first kappa shape index (κ1) is 66.4. The molecule has 6 aromatic rings. The minimum atomic E-state index is -1.91. The Kier molecular flexibility index (Phi) is 21.6. The smallest absolute Gasteiger partial charge is 0.410 e. The molecule has 0 aromatic carbocycles. The van der Waals surface area contributed by atoms with Gasteiger partial charge in [0.1, 0.15) is 11.4 Å². The number of hydrogen-bond donors (Lipinski definition) is 5. The van der Waals surface area contributed by atoms with Crippen molar-refractivity contribution in [2.75, 3.05) is 154 Å². The van der Waals surface area contributed by atoms with Crippen LogP contribution in [0.1, 0.15) is 103 Å². The van der Waals surface area contributed by atoms with Gasteiger partial charge in [-0.25, -0.2) is 9.78 Å². The second-order valence-electron chi connectivity index (χ2n) is 26.7. The summed E-state index contributed by atoms with van der Waals surface area (Å²) in [6.07, 6.45) is 35.6. The minimum Gasteiger partial charge on any atom is -0.444 e. The van der Waals surface area contributed by atoms with Crippen LogP contribution >= 0.6 is 0 Å². The summed E-state index contributed by atoms with van der Waals surface area (Å²) >= 11 is 0. The second kappa shape index (κ2) is 29.3. The number of pyridine rings is 5. The van der Waals surface area contributed by atoms with E-state index in [9.17, 15) is 9.00 Å². The first-order valence-electron chi connectivity index (χ1n) is 31.9. The third-order valence-electron chi connectivity index (χ3n) is 18.7. The Bertz CT molecular complexity index is 3440. The van der Waals surface area contributed by atoms with Gasteiger partial charge in [0.05, 0.1) is 94.4 Å². The van der Waals surface area contributed by atoms with E-state index in [0.717, 1.165) is 161 Å². The lowest BCUT2D eigenvalue weighted by Crippen LogP contribution is -2.48. The maximum atomic E-state index is 12.3. The molecule has 1 atom stereocenters. The van der Waals surface area contributed by atoms with E-state index in [-0.39, 0.29) is 16.8 Å². The van der Waals surface area contributed by atoms with Gasteiger partial charge in [0.25, 0.3) is 0 Å². The van der Waals surface area contributed by atoms with Gasteiger partial charge >= 0.3 is 6.09 Å². The van der Waals surface area contributed by atoms with Crippen LogP contribution in [0.5, 0.6) is 0 Å². The Labute approximate surface area is 534 Å². The zero-order valence-corrected chi connectivity index (χ0v) is 55.0. The van der Waals surface area contributed by atoms with Crippen LogP contribution in [-0.2, 0) is 14.3 Å². The lowest BCUT2D eigenvalue weighted by Gasteiger charge is -2.47. The molecule has 1 aliphatic carbocycles. The number of likely N-dealkylation sites (N-methyl/N-ethyl adjacent to an activating group) is 1. The fraction of sp³-hybridized carbons (Fsp3) is 0.522. The van der Waals surface area contributed by atoms with Crippen molar-refractivity contribution < 1.29 is 13.7 Å². The van der Waals surface area contributed by atoms with Crippen LogP contribution in [0.2, 0.25) is 0 Å². The summed E-state index contributed by atoms with van der Waals surface area (Å²) in [7, 11) is 2.41. The van der Waals surface area contributed by atoms with Crippen LogP contribution in [-0.4, -0.2) is 182 Å². The van der Waals surface area contributed by atoms with Crippen molar-refractivity contribution in [1.29, 1.82) is 0 Å². The minimum absolute atomic E-state index is 0.180. The van der Waals surface area contributed by atoms with Crippen molar-refractivity contribution in [3.8, 4) is 5.69 Å². The van der Waals surface area contributed by atoms with Crippen molar-refractivity contribution in [3.05, 3.63) is 123 Å². The van der Waals surface area contributed by atoms with Crippen molar-refractivity contribution in [3.63, 3.8) is 0 Å². The number of hydrogen-bond acceptors (Lipinski definition) is 20. The van der Waals surface area contributed by atoms with Gasteiger partial charge in [0, 0.05) is 146 Å². The van der Waals surface area contributed by atoms with Crippen molar-refractivity contribution in [2.24, 2.45) is 10.8 Å². The molecule has 6 aliphatic heterocycles. The molecule has 0 radical (unpaired) electrons. The summed E-state index contributed by atoms with van der Waals surface area (Å²) < 4.78 is 19.5. The van der Waals surface area contributed by atoms with Gasteiger partial charge in [-0.3, -0.25) is 29.1 Å². The topological polar surface area (TPSA) is 278 Å². The number of carbonyl (C=O) groups is 1. The molecule has 13 rings (SSSR count). The average Bonchev–Trinajstić information content (AvgIpc) is 1.81. The number of nitrogens with two attached hydrogens (primary N) is 5. The molecule has 22 nitrogen and oxygen atoms in total. The summed E-state index contributed by atoms with van der Waals surface area (Å²) in [6, 6.07) is 9.83. The van der Waals surface area contributed by atoms with Gasteiger partial charge < -0.3 is 72.3 Å². The largest absolute Gasteiger partial charge is 0.444 e. The lowest BCUT2D eigenvalue weighted by molar-refractivity contribution is 0.0266. The van der Waals surface area contributed by atoms with Gasteiger partial charge in [-0.15, -0.1) is 0 Å². The van der Waals surface area contributed by atoms with Crippen molar-refractivity contribution in [1.82, 2.24) is 49.2 Å². The molecular weight excluding hydrogens is 1150 g/mol. The van der Waals surface area contributed by atoms with E-state index in [4.69, 9.17) is 33.4 Å². The summed E-state index contributed by atoms with van der Waals surface area (Å²) in [5.41, 5.74) is 40.2. The Balaban J connectivity index is 0.000000135. The number of rotatable bonds is 7. The standard InChI is InChI=1S/C18H28N4O2.C15H24N4.C12H19N3OS.C11H12N4.C11H16N4/c1-17(2,3)24-16(23)22-11-7-18(13-22)5-9-21(10-6-18)15-4-8-20-12-14(15)19;1-18-8-2-4-15(12-18)5-9-19(10-6-15)14-3-7-17-11-13(14)16;1-17(2,16)10-4-7-15(8-5-10)12-3-6-14-9-11(12)13;12-9-7-13-4-3-10(9)15-6-5-14-11(15)8-1-2-8;1-9-8-15(6-5-14(9)2)11-3-4-13-7-10(11)12/h4,8,12H,5-7,9-11,13,19H2,1-3H3;3,7,11H,2,4-6,8-10,12,16H2,1H3;3,6,9-10H,1,4-5,7-8,13H2,2H3;3-8H,1-2,12H2;3-4,7H,1,5-6,8,12H2,2H3. The molecule has 2 spiro atoms. The number of imidazole rings is 1. The van der Waals surface area contributed by atoms with Crippen LogP contribution in [0.4, 0.5) is 56.0 Å². The number of amides is 1. The maximum Gasteiger partial charge on any atom is 0.410 e. The van der Waals surface area contributed by atoms with E-state index in [0.29, 0.717) is 22.7 Å². The summed E-state index contributed by atoms with van der Waals surface area (Å²) in [5, 5.41) is 0.238. The number of ether oxygens (including phenoxy) is 1.